The number of ether oxygens (including phenoxy) is 1. The van der Waals surface area contributed by atoms with Crippen molar-refractivity contribution in [3.05, 3.63) is 30.3 Å². The number of urea groups is 1. The van der Waals surface area contributed by atoms with Crippen LogP contribution in [0.1, 0.15) is 0 Å². The fourth-order valence-corrected chi connectivity index (χ4v) is 1.25. The molecule has 0 unspecified atom stereocenters. The van der Waals surface area contributed by atoms with E-state index in [0.29, 0.717) is 9.63 Å². The van der Waals surface area contributed by atoms with Crippen molar-refractivity contribution in [1.29, 1.82) is 0 Å². The highest BCUT2D eigenvalue weighted by Crippen LogP contribution is 2.17. The molecule has 0 aliphatic carbocycles. The number of amides is 2. The van der Waals surface area contributed by atoms with Gasteiger partial charge >= 0.3 is 6.03 Å². The van der Waals surface area contributed by atoms with Crippen LogP contribution in [0.4, 0.5) is 10.5 Å². The summed E-state index contributed by atoms with van der Waals surface area (Å²) in [4.78, 5) is 12.8. The third-order valence-corrected chi connectivity index (χ3v) is 1.99. The second-order valence-electron chi connectivity index (χ2n) is 2.70. The number of para-hydroxylation sites is 1. The number of benzene rings is 1. The summed E-state index contributed by atoms with van der Waals surface area (Å²) in [5, 5.41) is 0. The number of carbonyl (C=O) groups excluding carboxylic acids is 1. The van der Waals surface area contributed by atoms with Crippen LogP contribution in [-0.2, 0) is 4.74 Å². The molecule has 0 N–H and O–H groups in total. The molecule has 0 saturated carbocycles. The summed E-state index contributed by atoms with van der Waals surface area (Å²) in [6.45, 7) is 0.0821. The molecule has 0 saturated heterocycles. The van der Waals surface area contributed by atoms with Gasteiger partial charge in [-0.05, 0) is 12.1 Å². The Labute approximate surface area is 98.2 Å². The molecule has 1 rings (SSSR count). The summed E-state index contributed by atoms with van der Waals surface area (Å²) in [5.41, 5.74) is 0.663. The van der Waals surface area contributed by atoms with E-state index in [2.05, 4.69) is 0 Å². The number of anilines is 1. The van der Waals surface area contributed by atoms with Gasteiger partial charge in [-0.2, -0.15) is 0 Å². The molecule has 15 heavy (non-hydrogen) atoms. The first-order valence-electron chi connectivity index (χ1n) is 4.14. The smallest absolute Gasteiger partial charge is 0.356 e. The second-order valence-corrected chi connectivity index (χ2v) is 3.55. The fourth-order valence-electron chi connectivity index (χ4n) is 1.07. The van der Waals surface area contributed by atoms with Gasteiger partial charge in [-0.1, -0.05) is 18.2 Å². The van der Waals surface area contributed by atoms with Gasteiger partial charge < -0.3 is 4.74 Å². The maximum absolute atomic E-state index is 11.5. The normalized spacial score (nSPS) is 9.80. The molecule has 0 spiro atoms. The van der Waals surface area contributed by atoms with E-state index >= 15 is 0 Å². The van der Waals surface area contributed by atoms with E-state index in [9.17, 15) is 4.79 Å². The first-order valence-corrected chi connectivity index (χ1v) is 4.81. The first kappa shape index (κ1) is 12.1. The van der Waals surface area contributed by atoms with E-state index in [4.69, 9.17) is 28.3 Å². The highest BCUT2D eigenvalue weighted by Gasteiger charge is 2.19. The Morgan fingerprint density at radius 2 is 1.93 bits per heavy atom. The van der Waals surface area contributed by atoms with Crippen molar-refractivity contribution in [3.8, 4) is 0 Å². The third-order valence-electron chi connectivity index (χ3n) is 1.70. The molecule has 4 nitrogen and oxygen atoms in total. The Balaban J connectivity index is 2.88. The van der Waals surface area contributed by atoms with Gasteiger partial charge in [0.15, 0.2) is 0 Å². The van der Waals surface area contributed by atoms with Gasteiger partial charge in [0.1, 0.15) is 6.73 Å². The number of hydrogen-bond acceptors (Lipinski definition) is 2. The molecule has 1 aromatic rings. The molecule has 0 heterocycles. The third kappa shape index (κ3) is 3.27. The van der Waals surface area contributed by atoms with E-state index in [1.807, 2.05) is 6.07 Å². The van der Waals surface area contributed by atoms with Crippen LogP contribution in [0.2, 0.25) is 0 Å². The summed E-state index contributed by atoms with van der Waals surface area (Å²) < 4.78 is 5.36. The lowest BCUT2D eigenvalue weighted by molar-refractivity contribution is 0.189. The van der Waals surface area contributed by atoms with Crippen molar-refractivity contribution in [2.24, 2.45) is 0 Å². The fraction of sp³-hybridized carbons (Fsp3) is 0.222. The van der Waals surface area contributed by atoms with E-state index in [0.717, 1.165) is 0 Å². The molecule has 0 bridgehead atoms. The zero-order chi connectivity index (χ0) is 11.3. The first-order chi connectivity index (χ1) is 7.16. The number of methoxy groups -OCH3 is 1. The van der Waals surface area contributed by atoms with Crippen LogP contribution in [0.3, 0.4) is 0 Å². The average Bonchev–Trinajstić information content (AvgIpc) is 2.26. The molecule has 6 heteroatoms. The maximum atomic E-state index is 11.5. The average molecular weight is 249 g/mol. The Bertz CT molecular complexity index is 319. The van der Waals surface area contributed by atoms with Crippen LogP contribution in [0, 0.1) is 0 Å². The molecular weight excluding hydrogens is 239 g/mol. The van der Waals surface area contributed by atoms with Crippen molar-refractivity contribution in [3.63, 3.8) is 0 Å². The Morgan fingerprint density at radius 1 is 1.33 bits per heavy atom. The van der Waals surface area contributed by atoms with Crippen LogP contribution in [-0.4, -0.2) is 23.8 Å². The number of rotatable bonds is 3. The zero-order valence-corrected chi connectivity index (χ0v) is 9.57. The number of hydrogen-bond donors (Lipinski definition) is 0. The highest BCUT2D eigenvalue weighted by atomic mass is 35.5. The summed E-state index contributed by atoms with van der Waals surface area (Å²) >= 11 is 10.7. The van der Waals surface area contributed by atoms with Crippen LogP contribution in [0.15, 0.2) is 30.3 Å². The Kier molecular flexibility index (Phi) is 4.68. The topological polar surface area (TPSA) is 32.8 Å². The lowest BCUT2D eigenvalue weighted by Gasteiger charge is -2.22. The predicted octanol–water partition coefficient (Wildman–Crippen LogP) is 2.83. The number of carbonyl (C=O) groups is 1. The summed E-state index contributed by atoms with van der Waals surface area (Å²) in [6.07, 6.45) is 0. The van der Waals surface area contributed by atoms with Gasteiger partial charge in [0.2, 0.25) is 0 Å². The zero-order valence-electron chi connectivity index (χ0n) is 8.06. The SMILES string of the molecule is COCN(C(=O)N(Cl)Cl)c1ccccc1. The molecule has 2 amide bonds. The standard InChI is InChI=1S/C9H10Cl2N2O2/c1-15-7-12(9(14)13(10)11)8-5-3-2-4-6-8/h2-6H,7H2,1H3. The van der Waals surface area contributed by atoms with E-state index in [1.165, 1.54) is 12.0 Å². The minimum atomic E-state index is -0.564. The Morgan fingerprint density at radius 3 is 2.40 bits per heavy atom. The van der Waals surface area contributed by atoms with E-state index in [1.54, 1.807) is 24.3 Å². The molecule has 0 radical (unpaired) electrons. The number of halogens is 2. The monoisotopic (exact) mass is 248 g/mol. The van der Waals surface area contributed by atoms with Gasteiger partial charge in [-0.15, -0.1) is 3.94 Å². The summed E-state index contributed by atoms with van der Waals surface area (Å²) in [5.74, 6) is 0. The molecule has 0 aliphatic rings. The molecule has 1 aromatic carbocycles. The molecule has 0 aliphatic heterocycles. The predicted molar refractivity (Wildman–Crippen MR) is 59.7 cm³/mol. The van der Waals surface area contributed by atoms with Crippen LogP contribution in [0.5, 0.6) is 0 Å². The van der Waals surface area contributed by atoms with E-state index in [-0.39, 0.29) is 6.73 Å². The van der Waals surface area contributed by atoms with Crippen LogP contribution < -0.4 is 4.90 Å². The van der Waals surface area contributed by atoms with Crippen molar-refractivity contribution in [2.75, 3.05) is 18.7 Å². The van der Waals surface area contributed by atoms with Gasteiger partial charge in [-0.3, -0.25) is 4.90 Å². The molecular formula is C9H10Cl2N2O2. The van der Waals surface area contributed by atoms with Crippen molar-refractivity contribution in [1.82, 2.24) is 3.94 Å². The Hall–Kier alpha value is -0.970. The van der Waals surface area contributed by atoms with Crippen LogP contribution in [0.25, 0.3) is 0 Å². The van der Waals surface area contributed by atoms with Gasteiger partial charge in [-0.25, -0.2) is 4.79 Å². The lowest BCUT2D eigenvalue weighted by Crippen LogP contribution is -2.36. The minimum Gasteiger partial charge on any atom is -0.364 e. The van der Waals surface area contributed by atoms with Gasteiger partial charge in [0.25, 0.3) is 0 Å². The van der Waals surface area contributed by atoms with Crippen molar-refractivity contribution >= 4 is 35.3 Å². The minimum absolute atomic E-state index is 0.0821. The largest absolute Gasteiger partial charge is 0.364 e. The van der Waals surface area contributed by atoms with Crippen molar-refractivity contribution < 1.29 is 9.53 Å². The van der Waals surface area contributed by atoms with Crippen molar-refractivity contribution in [2.45, 2.75) is 0 Å². The highest BCUT2D eigenvalue weighted by molar-refractivity contribution is 6.42. The van der Waals surface area contributed by atoms with Crippen LogP contribution >= 0.6 is 23.6 Å². The van der Waals surface area contributed by atoms with Gasteiger partial charge in [0, 0.05) is 36.4 Å². The molecule has 82 valence electrons. The second kappa shape index (κ2) is 5.80. The van der Waals surface area contributed by atoms with Gasteiger partial charge in [0.05, 0.1) is 0 Å². The number of nitrogens with zero attached hydrogens (tertiary/aromatic N) is 2. The summed E-state index contributed by atoms with van der Waals surface area (Å²) in [6, 6.07) is 8.41. The van der Waals surface area contributed by atoms with E-state index < -0.39 is 6.03 Å². The lowest BCUT2D eigenvalue weighted by atomic mass is 10.3. The molecule has 0 aromatic heterocycles. The summed E-state index contributed by atoms with van der Waals surface area (Å²) in [7, 11) is 1.48. The maximum Gasteiger partial charge on any atom is 0.356 e. The molecule has 0 fully saturated rings. The molecule has 0 atom stereocenters. The quantitative estimate of drug-likeness (QED) is 0.609.